The van der Waals surface area contributed by atoms with Gasteiger partial charge < -0.3 is 19.9 Å². The predicted octanol–water partition coefficient (Wildman–Crippen LogP) is 2.04. The zero-order valence-electron chi connectivity index (χ0n) is 15.4. The summed E-state index contributed by atoms with van der Waals surface area (Å²) in [6, 6.07) is 0. The van der Waals surface area contributed by atoms with E-state index in [9.17, 15) is 4.79 Å². The number of likely N-dealkylation sites (tertiary alicyclic amines) is 1. The molecule has 0 aromatic carbocycles. The van der Waals surface area contributed by atoms with E-state index in [1.54, 1.807) is 6.92 Å². The van der Waals surface area contributed by atoms with Gasteiger partial charge in [0.1, 0.15) is 5.54 Å². The second-order valence-electron chi connectivity index (χ2n) is 7.61. The number of hydrogen-bond acceptors (Lipinski definition) is 6. The summed E-state index contributed by atoms with van der Waals surface area (Å²) < 4.78 is 11.0. The fourth-order valence-corrected chi connectivity index (χ4v) is 3.92. The molecule has 0 spiro atoms. The first-order valence-corrected chi connectivity index (χ1v) is 8.79. The first kappa shape index (κ1) is 20.1. The van der Waals surface area contributed by atoms with Crippen LogP contribution in [0.2, 0.25) is 0 Å². The summed E-state index contributed by atoms with van der Waals surface area (Å²) in [5.41, 5.74) is 5.31. The maximum atomic E-state index is 13.1. The monoisotopic (exact) mass is 372 g/mol. The van der Waals surface area contributed by atoms with Gasteiger partial charge >= 0.3 is 0 Å². The molecule has 1 aromatic rings. The van der Waals surface area contributed by atoms with Gasteiger partial charge in [-0.05, 0) is 26.7 Å². The van der Waals surface area contributed by atoms with Crippen LogP contribution in [-0.2, 0) is 9.53 Å². The zero-order valence-corrected chi connectivity index (χ0v) is 16.3. The summed E-state index contributed by atoms with van der Waals surface area (Å²) in [7, 11) is 0. The van der Waals surface area contributed by atoms with Crippen LogP contribution in [0.1, 0.15) is 57.7 Å². The van der Waals surface area contributed by atoms with E-state index < -0.39 is 5.54 Å². The van der Waals surface area contributed by atoms with E-state index >= 15 is 0 Å². The lowest BCUT2D eigenvalue weighted by Crippen LogP contribution is -2.76. The molecule has 3 unspecified atom stereocenters. The van der Waals surface area contributed by atoms with Crippen LogP contribution in [0, 0.1) is 12.3 Å². The molecule has 3 rings (SSSR count). The number of aromatic nitrogens is 2. The Morgan fingerprint density at radius 1 is 1.48 bits per heavy atom. The maximum Gasteiger partial charge on any atom is 0.243 e. The smallest absolute Gasteiger partial charge is 0.243 e. The third-order valence-electron chi connectivity index (χ3n) is 5.81. The number of hydrogen-bond donors (Lipinski definition) is 1. The summed E-state index contributed by atoms with van der Waals surface area (Å²) in [5, 5.41) is 3.86. The van der Waals surface area contributed by atoms with Gasteiger partial charge in [0.2, 0.25) is 11.8 Å². The van der Waals surface area contributed by atoms with Crippen molar-refractivity contribution in [3.05, 3.63) is 11.7 Å². The molecule has 0 bridgehead atoms. The molecular formula is C17H29ClN4O3. The standard InChI is InChI=1S/C17H28N4O3.ClH/c1-5-23-13-9-17(18,16(13,3)4)15(22)21-8-6-7-12(10-21)14-19-11(2)20-24-14;/h12-13H,5-10,18H2,1-4H3;1H. The van der Waals surface area contributed by atoms with Gasteiger partial charge in [0.25, 0.3) is 0 Å². The fraction of sp³-hybridized carbons (Fsp3) is 0.824. The number of nitrogens with zero attached hydrogens (tertiary/aromatic N) is 3. The molecule has 1 amide bonds. The third-order valence-corrected chi connectivity index (χ3v) is 5.81. The van der Waals surface area contributed by atoms with Crippen LogP contribution in [0.4, 0.5) is 0 Å². The molecule has 1 saturated heterocycles. The Kier molecular flexibility index (Phi) is 5.81. The maximum absolute atomic E-state index is 13.1. The highest BCUT2D eigenvalue weighted by Crippen LogP contribution is 2.51. The molecule has 3 atom stereocenters. The first-order valence-electron chi connectivity index (χ1n) is 8.79. The number of amides is 1. The Morgan fingerprint density at radius 3 is 2.76 bits per heavy atom. The highest BCUT2D eigenvalue weighted by Gasteiger charge is 2.63. The summed E-state index contributed by atoms with van der Waals surface area (Å²) in [4.78, 5) is 19.3. The molecule has 2 fully saturated rings. The van der Waals surface area contributed by atoms with Gasteiger partial charge in [0.05, 0.1) is 12.0 Å². The Labute approximate surface area is 155 Å². The van der Waals surface area contributed by atoms with Crippen molar-refractivity contribution in [1.82, 2.24) is 15.0 Å². The molecule has 2 N–H and O–H groups in total. The summed E-state index contributed by atoms with van der Waals surface area (Å²) in [6.07, 6.45) is 2.49. The van der Waals surface area contributed by atoms with Crippen molar-refractivity contribution in [2.24, 2.45) is 11.1 Å². The van der Waals surface area contributed by atoms with Crippen LogP contribution in [-0.4, -0.2) is 52.3 Å². The van der Waals surface area contributed by atoms with Crippen molar-refractivity contribution < 1.29 is 14.1 Å². The highest BCUT2D eigenvalue weighted by atomic mass is 35.5. The Bertz CT molecular complexity index is 621. The van der Waals surface area contributed by atoms with Crippen LogP contribution in [0.15, 0.2) is 4.52 Å². The van der Waals surface area contributed by atoms with Gasteiger partial charge in [0.15, 0.2) is 5.82 Å². The molecule has 25 heavy (non-hydrogen) atoms. The minimum atomic E-state index is -0.862. The Balaban J connectivity index is 0.00000225. The van der Waals surface area contributed by atoms with Crippen LogP contribution in [0.25, 0.3) is 0 Å². The molecule has 142 valence electrons. The summed E-state index contributed by atoms with van der Waals surface area (Å²) >= 11 is 0. The van der Waals surface area contributed by atoms with Crippen molar-refractivity contribution in [2.45, 2.75) is 64.5 Å². The molecule has 1 saturated carbocycles. The lowest BCUT2D eigenvalue weighted by molar-refractivity contribution is -0.180. The van der Waals surface area contributed by atoms with Crippen LogP contribution in [0.3, 0.4) is 0 Å². The van der Waals surface area contributed by atoms with E-state index in [0.717, 1.165) is 19.4 Å². The predicted molar refractivity (Wildman–Crippen MR) is 95.6 cm³/mol. The molecule has 1 aliphatic heterocycles. The van der Waals surface area contributed by atoms with E-state index in [1.165, 1.54) is 0 Å². The van der Waals surface area contributed by atoms with Gasteiger partial charge in [0, 0.05) is 31.5 Å². The molecule has 2 aliphatic rings. The lowest BCUT2D eigenvalue weighted by Gasteiger charge is -2.59. The van der Waals surface area contributed by atoms with E-state index in [2.05, 4.69) is 10.1 Å². The summed E-state index contributed by atoms with van der Waals surface area (Å²) in [6.45, 7) is 9.79. The normalized spacial score (nSPS) is 31.2. The second-order valence-corrected chi connectivity index (χ2v) is 7.61. The molecular weight excluding hydrogens is 344 g/mol. The number of rotatable bonds is 4. The van der Waals surface area contributed by atoms with E-state index in [0.29, 0.717) is 31.3 Å². The van der Waals surface area contributed by atoms with Gasteiger partial charge in [-0.25, -0.2) is 0 Å². The molecule has 1 aliphatic carbocycles. The second kappa shape index (κ2) is 7.21. The average molecular weight is 373 g/mol. The van der Waals surface area contributed by atoms with E-state index in [1.807, 2.05) is 25.7 Å². The summed E-state index contributed by atoms with van der Waals surface area (Å²) in [5.74, 6) is 1.36. The largest absolute Gasteiger partial charge is 0.378 e. The van der Waals surface area contributed by atoms with Crippen molar-refractivity contribution in [3.63, 3.8) is 0 Å². The van der Waals surface area contributed by atoms with Gasteiger partial charge in [-0.3, -0.25) is 4.79 Å². The van der Waals surface area contributed by atoms with Crippen LogP contribution in [0.5, 0.6) is 0 Å². The third kappa shape index (κ3) is 3.29. The highest BCUT2D eigenvalue weighted by molar-refractivity contribution is 5.89. The zero-order chi connectivity index (χ0) is 17.5. The number of ether oxygens (including phenoxy) is 1. The number of aryl methyl sites for hydroxylation is 1. The van der Waals surface area contributed by atoms with Crippen molar-refractivity contribution >= 4 is 18.3 Å². The number of carbonyl (C=O) groups excluding carboxylic acids is 1. The molecule has 8 heteroatoms. The van der Waals surface area contributed by atoms with Crippen molar-refractivity contribution in [2.75, 3.05) is 19.7 Å². The van der Waals surface area contributed by atoms with Crippen LogP contribution >= 0.6 is 12.4 Å². The average Bonchev–Trinajstić information content (AvgIpc) is 3.00. The van der Waals surface area contributed by atoms with Gasteiger partial charge in [-0.1, -0.05) is 19.0 Å². The van der Waals surface area contributed by atoms with Crippen molar-refractivity contribution in [3.8, 4) is 0 Å². The van der Waals surface area contributed by atoms with E-state index in [-0.39, 0.29) is 35.8 Å². The fourth-order valence-electron chi connectivity index (χ4n) is 3.92. The Hall–Kier alpha value is -1.18. The molecule has 2 heterocycles. The van der Waals surface area contributed by atoms with Crippen LogP contribution < -0.4 is 5.73 Å². The molecule has 1 aromatic heterocycles. The van der Waals surface area contributed by atoms with E-state index in [4.69, 9.17) is 15.0 Å². The number of nitrogens with two attached hydrogens (primary N) is 1. The number of halogens is 1. The first-order chi connectivity index (χ1) is 11.3. The minimum absolute atomic E-state index is 0. The minimum Gasteiger partial charge on any atom is -0.378 e. The quantitative estimate of drug-likeness (QED) is 0.869. The Morgan fingerprint density at radius 2 is 2.20 bits per heavy atom. The topological polar surface area (TPSA) is 94.5 Å². The van der Waals surface area contributed by atoms with Crippen molar-refractivity contribution in [1.29, 1.82) is 0 Å². The molecule has 7 nitrogen and oxygen atoms in total. The lowest BCUT2D eigenvalue weighted by atomic mass is 9.54. The number of piperidine rings is 1. The van der Waals surface area contributed by atoms with Gasteiger partial charge in [-0.15, -0.1) is 12.4 Å². The SMILES string of the molecule is CCOC1CC(N)(C(=O)N2CCCC(c3nc(C)no3)C2)C1(C)C.Cl. The molecule has 0 radical (unpaired) electrons. The number of carbonyl (C=O) groups is 1. The van der Waals surface area contributed by atoms with Gasteiger partial charge in [-0.2, -0.15) is 4.98 Å².